The van der Waals surface area contributed by atoms with E-state index in [-0.39, 0.29) is 30.5 Å². The third-order valence-corrected chi connectivity index (χ3v) is 4.82. The van der Waals surface area contributed by atoms with Gasteiger partial charge in [0.15, 0.2) is 9.84 Å². The molecule has 1 heterocycles. The second-order valence-corrected chi connectivity index (χ2v) is 6.63. The molecule has 0 aromatic carbocycles. The van der Waals surface area contributed by atoms with Gasteiger partial charge in [0, 0.05) is 13.1 Å². The Bertz CT molecular complexity index is 358. The predicted molar refractivity (Wildman–Crippen MR) is 54.0 cm³/mol. The van der Waals surface area contributed by atoms with Crippen LogP contribution in [-0.2, 0) is 14.6 Å². The lowest BCUT2D eigenvalue weighted by Crippen LogP contribution is -2.56. The monoisotopic (exact) mass is 233 g/mol. The summed E-state index contributed by atoms with van der Waals surface area (Å²) >= 11 is 0. The van der Waals surface area contributed by atoms with Crippen LogP contribution >= 0.6 is 0 Å². The molecule has 0 spiro atoms. The fourth-order valence-corrected chi connectivity index (χ4v) is 3.14. The first-order chi connectivity index (χ1) is 6.93. The predicted octanol–water partition coefficient (Wildman–Crippen LogP) is -0.842. The van der Waals surface area contributed by atoms with Crippen LogP contribution in [-0.4, -0.2) is 54.5 Å². The zero-order valence-corrected chi connectivity index (χ0v) is 9.29. The normalized spacial score (nSPS) is 28.2. The number of sulfone groups is 1. The first-order valence-corrected chi connectivity index (χ1v) is 6.97. The summed E-state index contributed by atoms with van der Waals surface area (Å²) in [6.45, 7) is 0.451. The Morgan fingerprint density at radius 3 is 2.13 bits per heavy atom. The van der Waals surface area contributed by atoms with Gasteiger partial charge < -0.3 is 10.0 Å². The number of hydrogen-bond acceptors (Lipinski definition) is 4. The van der Waals surface area contributed by atoms with Crippen LogP contribution in [0.2, 0.25) is 0 Å². The highest BCUT2D eigenvalue weighted by atomic mass is 32.2. The molecule has 15 heavy (non-hydrogen) atoms. The maximum Gasteiger partial charge on any atom is 0.254 e. The van der Waals surface area contributed by atoms with Gasteiger partial charge in [-0.15, -0.1) is 0 Å². The fourth-order valence-electron chi connectivity index (χ4n) is 1.94. The van der Waals surface area contributed by atoms with Crippen molar-refractivity contribution < 1.29 is 18.3 Å². The summed E-state index contributed by atoms with van der Waals surface area (Å²) in [5, 5.41) is 9.82. The van der Waals surface area contributed by atoms with Gasteiger partial charge in [-0.25, -0.2) is 8.42 Å². The molecule has 0 aromatic heterocycles. The first-order valence-electron chi connectivity index (χ1n) is 5.15. The first kappa shape index (κ1) is 10.9. The van der Waals surface area contributed by atoms with E-state index in [9.17, 15) is 18.3 Å². The molecule has 1 saturated heterocycles. The number of carbonyl (C=O) groups excluding carboxylic acids is 1. The number of aliphatic hydroxyl groups is 1. The molecule has 0 radical (unpaired) electrons. The molecule has 0 unspecified atom stereocenters. The smallest absolute Gasteiger partial charge is 0.254 e. The highest BCUT2D eigenvalue weighted by Crippen LogP contribution is 2.33. The van der Waals surface area contributed by atoms with Crippen LogP contribution in [0, 0.1) is 0 Å². The van der Waals surface area contributed by atoms with Gasteiger partial charge in [0.2, 0.25) is 0 Å². The van der Waals surface area contributed by atoms with E-state index >= 15 is 0 Å². The minimum Gasteiger partial charge on any atom is -0.380 e. The molecule has 2 rings (SSSR count). The number of carbonyl (C=O) groups is 1. The molecule has 1 aliphatic carbocycles. The van der Waals surface area contributed by atoms with E-state index in [1.165, 1.54) is 4.90 Å². The van der Waals surface area contributed by atoms with Crippen molar-refractivity contribution in [2.24, 2.45) is 0 Å². The quantitative estimate of drug-likeness (QED) is 0.640. The van der Waals surface area contributed by atoms with Crippen molar-refractivity contribution in [3.63, 3.8) is 0 Å². The maximum atomic E-state index is 11.8. The molecular weight excluding hydrogens is 218 g/mol. The maximum absolute atomic E-state index is 11.8. The molecule has 0 atom stereocenters. The Balaban J connectivity index is 1.99. The van der Waals surface area contributed by atoms with Crippen LogP contribution in [0.5, 0.6) is 0 Å². The Hall–Kier alpha value is -0.620. The molecule has 6 heteroatoms. The van der Waals surface area contributed by atoms with Gasteiger partial charge in [0.1, 0.15) is 5.60 Å². The fraction of sp³-hybridized carbons (Fsp3) is 0.889. The van der Waals surface area contributed by atoms with Gasteiger partial charge >= 0.3 is 0 Å². The van der Waals surface area contributed by atoms with E-state index in [0.29, 0.717) is 12.8 Å². The van der Waals surface area contributed by atoms with Crippen molar-refractivity contribution >= 4 is 15.7 Å². The molecule has 1 N–H and O–H groups in total. The molecule has 86 valence electrons. The van der Waals surface area contributed by atoms with Gasteiger partial charge in [0.05, 0.1) is 11.5 Å². The van der Waals surface area contributed by atoms with Crippen LogP contribution in [0.4, 0.5) is 0 Å². The second-order valence-electron chi connectivity index (χ2n) is 4.33. The van der Waals surface area contributed by atoms with Crippen molar-refractivity contribution in [3.05, 3.63) is 0 Å². The summed E-state index contributed by atoms with van der Waals surface area (Å²) in [7, 11) is -2.96. The minimum atomic E-state index is -2.96. The van der Waals surface area contributed by atoms with Crippen LogP contribution in [0.15, 0.2) is 0 Å². The summed E-state index contributed by atoms with van der Waals surface area (Å²) in [6.07, 6.45) is 1.89. The van der Waals surface area contributed by atoms with E-state index in [1.807, 2.05) is 0 Å². The van der Waals surface area contributed by atoms with Gasteiger partial charge in [-0.05, 0) is 19.3 Å². The zero-order valence-electron chi connectivity index (χ0n) is 8.48. The SMILES string of the molecule is O=C(N1CCS(=O)(=O)CC1)C1(O)CCC1. The van der Waals surface area contributed by atoms with Crippen LogP contribution < -0.4 is 0 Å². The Morgan fingerprint density at radius 1 is 1.20 bits per heavy atom. The summed E-state index contributed by atoms with van der Waals surface area (Å²) in [5.74, 6) is -0.243. The standard InChI is InChI=1S/C9H15NO4S/c11-8(9(12)2-1-3-9)10-4-6-15(13,14)7-5-10/h12H,1-7H2. The van der Waals surface area contributed by atoms with E-state index in [1.54, 1.807) is 0 Å². The van der Waals surface area contributed by atoms with Crippen molar-refractivity contribution in [2.75, 3.05) is 24.6 Å². The molecule has 1 amide bonds. The van der Waals surface area contributed by atoms with E-state index in [4.69, 9.17) is 0 Å². The highest BCUT2D eigenvalue weighted by Gasteiger charge is 2.45. The van der Waals surface area contributed by atoms with Gasteiger partial charge in [-0.2, -0.15) is 0 Å². The lowest BCUT2D eigenvalue weighted by Gasteiger charge is -2.40. The Morgan fingerprint density at radius 2 is 1.73 bits per heavy atom. The van der Waals surface area contributed by atoms with Crippen molar-refractivity contribution in [2.45, 2.75) is 24.9 Å². The topological polar surface area (TPSA) is 74.7 Å². The third-order valence-electron chi connectivity index (χ3n) is 3.21. The number of nitrogens with zero attached hydrogens (tertiary/aromatic N) is 1. The zero-order chi connectivity index (χ0) is 11.1. The van der Waals surface area contributed by atoms with Crippen molar-refractivity contribution in [1.29, 1.82) is 0 Å². The molecule has 5 nitrogen and oxygen atoms in total. The Kier molecular flexibility index (Phi) is 2.50. The second kappa shape index (κ2) is 3.45. The summed E-state index contributed by atoms with van der Waals surface area (Å²) in [4.78, 5) is 13.3. The lowest BCUT2D eigenvalue weighted by atomic mass is 9.79. The van der Waals surface area contributed by atoms with Crippen LogP contribution in [0.3, 0.4) is 0 Å². The van der Waals surface area contributed by atoms with E-state index in [2.05, 4.69) is 0 Å². The van der Waals surface area contributed by atoms with Gasteiger partial charge in [-0.1, -0.05) is 0 Å². The van der Waals surface area contributed by atoms with Gasteiger partial charge in [0.25, 0.3) is 5.91 Å². The Labute approximate surface area is 89.0 Å². The van der Waals surface area contributed by atoms with Gasteiger partial charge in [-0.3, -0.25) is 4.79 Å². The number of amides is 1. The lowest BCUT2D eigenvalue weighted by molar-refractivity contribution is -0.160. The highest BCUT2D eigenvalue weighted by molar-refractivity contribution is 7.91. The van der Waals surface area contributed by atoms with E-state index in [0.717, 1.165) is 6.42 Å². The average Bonchev–Trinajstić information content (AvgIpc) is 2.13. The molecule has 2 aliphatic rings. The molecule has 0 aromatic rings. The summed E-state index contributed by atoms with van der Waals surface area (Å²) in [6, 6.07) is 0. The van der Waals surface area contributed by atoms with E-state index < -0.39 is 15.4 Å². The molecule has 2 fully saturated rings. The minimum absolute atomic E-state index is 0.0226. The molecule has 1 saturated carbocycles. The summed E-state index contributed by atoms with van der Waals surface area (Å²) in [5.41, 5.74) is -1.19. The molecular formula is C9H15NO4S. The summed E-state index contributed by atoms with van der Waals surface area (Å²) < 4.78 is 22.3. The van der Waals surface area contributed by atoms with Crippen molar-refractivity contribution in [3.8, 4) is 0 Å². The third kappa shape index (κ3) is 2.01. The average molecular weight is 233 g/mol. The molecule has 0 bridgehead atoms. The number of hydrogen-bond donors (Lipinski definition) is 1. The number of rotatable bonds is 1. The molecule has 1 aliphatic heterocycles. The van der Waals surface area contributed by atoms with Crippen LogP contribution in [0.1, 0.15) is 19.3 Å². The largest absolute Gasteiger partial charge is 0.380 e. The van der Waals surface area contributed by atoms with Crippen LogP contribution in [0.25, 0.3) is 0 Å². The van der Waals surface area contributed by atoms with Crippen molar-refractivity contribution in [1.82, 2.24) is 4.90 Å².